The highest BCUT2D eigenvalue weighted by molar-refractivity contribution is 7.13. The lowest BCUT2D eigenvalue weighted by atomic mass is 10.3. The SMILES string of the molecule is Cc1nnc(-n2nc(-c3cccs3)cc2C(=O)O)[nH]c1=O. The second-order valence-electron chi connectivity index (χ2n) is 4.17. The number of nitrogens with zero attached hydrogens (tertiary/aromatic N) is 4. The number of aromatic carboxylic acids is 1. The van der Waals surface area contributed by atoms with Crippen LogP contribution in [0.15, 0.2) is 28.4 Å². The zero-order valence-electron chi connectivity index (χ0n) is 10.8. The number of rotatable bonds is 3. The molecular weight excluding hydrogens is 294 g/mol. The van der Waals surface area contributed by atoms with Gasteiger partial charge in [0.15, 0.2) is 5.69 Å². The van der Waals surface area contributed by atoms with Crippen LogP contribution in [-0.4, -0.2) is 36.0 Å². The zero-order valence-corrected chi connectivity index (χ0v) is 11.6. The monoisotopic (exact) mass is 303 g/mol. The third-order valence-electron chi connectivity index (χ3n) is 2.75. The minimum Gasteiger partial charge on any atom is -0.477 e. The van der Waals surface area contributed by atoms with Crippen LogP contribution in [0.4, 0.5) is 0 Å². The van der Waals surface area contributed by atoms with Gasteiger partial charge in [0.1, 0.15) is 11.4 Å². The maximum absolute atomic E-state index is 11.6. The van der Waals surface area contributed by atoms with Gasteiger partial charge in [0.2, 0.25) is 0 Å². The summed E-state index contributed by atoms with van der Waals surface area (Å²) in [6.07, 6.45) is 0. The molecule has 0 unspecified atom stereocenters. The van der Waals surface area contributed by atoms with Gasteiger partial charge in [-0.3, -0.25) is 9.78 Å². The molecule has 0 aromatic carbocycles. The standard InChI is InChI=1S/C12H9N5O3S/c1-6-10(18)13-12(15-14-6)17-8(11(19)20)5-7(16-17)9-3-2-4-21-9/h2-5H,1H3,(H,19,20)(H,13,15,18). The predicted molar refractivity (Wildman–Crippen MR) is 74.8 cm³/mol. The van der Waals surface area contributed by atoms with Crippen LogP contribution < -0.4 is 5.56 Å². The Balaban J connectivity index is 2.19. The highest BCUT2D eigenvalue weighted by Gasteiger charge is 2.19. The first kappa shape index (κ1) is 13.2. The van der Waals surface area contributed by atoms with Gasteiger partial charge in [-0.1, -0.05) is 6.07 Å². The van der Waals surface area contributed by atoms with Crippen LogP contribution in [0, 0.1) is 6.92 Å². The van der Waals surface area contributed by atoms with E-state index in [1.54, 1.807) is 0 Å². The maximum Gasteiger partial charge on any atom is 0.354 e. The Morgan fingerprint density at radius 2 is 2.24 bits per heavy atom. The fraction of sp³-hybridized carbons (Fsp3) is 0.0833. The van der Waals surface area contributed by atoms with Gasteiger partial charge in [-0.05, 0) is 18.4 Å². The summed E-state index contributed by atoms with van der Waals surface area (Å²) in [6.45, 7) is 1.51. The van der Waals surface area contributed by atoms with Crippen molar-refractivity contribution in [1.29, 1.82) is 0 Å². The Kier molecular flexibility index (Phi) is 3.10. The summed E-state index contributed by atoms with van der Waals surface area (Å²) in [4.78, 5) is 26.2. The molecule has 0 aliphatic rings. The number of nitrogens with one attached hydrogen (secondary N) is 1. The highest BCUT2D eigenvalue weighted by atomic mass is 32.1. The largest absolute Gasteiger partial charge is 0.477 e. The first-order chi connectivity index (χ1) is 10.1. The number of aromatic amines is 1. The van der Waals surface area contributed by atoms with Gasteiger partial charge >= 0.3 is 5.97 Å². The lowest BCUT2D eigenvalue weighted by molar-refractivity contribution is 0.0686. The number of thiophene rings is 1. The van der Waals surface area contributed by atoms with Gasteiger partial charge < -0.3 is 5.11 Å². The minimum atomic E-state index is -1.17. The van der Waals surface area contributed by atoms with Gasteiger partial charge in [-0.2, -0.15) is 9.78 Å². The molecule has 8 nitrogen and oxygen atoms in total. The Labute approximate surface area is 121 Å². The molecule has 3 aromatic rings. The first-order valence-electron chi connectivity index (χ1n) is 5.87. The third kappa shape index (κ3) is 2.34. The second-order valence-corrected chi connectivity index (χ2v) is 5.12. The van der Waals surface area contributed by atoms with E-state index in [1.807, 2.05) is 17.5 Å². The molecule has 0 saturated heterocycles. The Bertz CT molecular complexity index is 865. The molecule has 9 heteroatoms. The number of carboxylic acid groups (broad SMARTS) is 1. The van der Waals surface area contributed by atoms with Crippen LogP contribution in [-0.2, 0) is 0 Å². The van der Waals surface area contributed by atoms with Crippen molar-refractivity contribution in [3.63, 3.8) is 0 Å². The molecule has 3 aromatic heterocycles. The van der Waals surface area contributed by atoms with E-state index in [1.165, 1.54) is 24.3 Å². The molecule has 0 aliphatic heterocycles. The van der Waals surface area contributed by atoms with E-state index in [0.29, 0.717) is 5.69 Å². The zero-order chi connectivity index (χ0) is 15.0. The van der Waals surface area contributed by atoms with E-state index in [9.17, 15) is 14.7 Å². The Morgan fingerprint density at radius 3 is 2.86 bits per heavy atom. The van der Waals surface area contributed by atoms with Gasteiger partial charge in [0.05, 0.1) is 4.88 Å². The number of aromatic nitrogens is 5. The van der Waals surface area contributed by atoms with Gasteiger partial charge in [-0.15, -0.1) is 21.5 Å². The lowest BCUT2D eigenvalue weighted by Crippen LogP contribution is -2.20. The van der Waals surface area contributed by atoms with Gasteiger partial charge in [0, 0.05) is 6.07 Å². The number of aryl methyl sites for hydroxylation is 1. The predicted octanol–water partition coefficient (Wildman–Crippen LogP) is 1.09. The van der Waals surface area contributed by atoms with Crippen LogP contribution in [0.25, 0.3) is 16.5 Å². The molecule has 3 rings (SSSR count). The van der Waals surface area contributed by atoms with E-state index < -0.39 is 11.5 Å². The van der Waals surface area contributed by atoms with Crippen LogP contribution in [0.3, 0.4) is 0 Å². The highest BCUT2D eigenvalue weighted by Crippen LogP contribution is 2.24. The van der Waals surface area contributed by atoms with Crippen molar-refractivity contribution >= 4 is 17.3 Å². The number of carbonyl (C=O) groups is 1. The van der Waals surface area contributed by atoms with Crippen molar-refractivity contribution in [1.82, 2.24) is 25.0 Å². The van der Waals surface area contributed by atoms with E-state index in [2.05, 4.69) is 20.3 Å². The molecule has 0 atom stereocenters. The molecular formula is C12H9N5O3S. The van der Waals surface area contributed by atoms with Crippen molar-refractivity contribution in [2.45, 2.75) is 6.92 Å². The second kappa shape index (κ2) is 4.94. The molecule has 0 bridgehead atoms. The van der Waals surface area contributed by atoms with Crippen molar-refractivity contribution in [3.8, 4) is 16.5 Å². The van der Waals surface area contributed by atoms with Crippen molar-refractivity contribution in [2.24, 2.45) is 0 Å². The molecule has 0 aliphatic carbocycles. The maximum atomic E-state index is 11.6. The Hall–Kier alpha value is -2.81. The van der Waals surface area contributed by atoms with Crippen LogP contribution >= 0.6 is 11.3 Å². The van der Waals surface area contributed by atoms with E-state index in [4.69, 9.17) is 0 Å². The number of carboxylic acids is 1. The van der Waals surface area contributed by atoms with Crippen LogP contribution in [0.5, 0.6) is 0 Å². The van der Waals surface area contributed by atoms with Crippen molar-refractivity contribution in [3.05, 3.63) is 45.3 Å². The fourth-order valence-electron chi connectivity index (χ4n) is 1.72. The molecule has 106 valence electrons. The molecule has 3 heterocycles. The topological polar surface area (TPSA) is 114 Å². The van der Waals surface area contributed by atoms with Crippen LogP contribution in [0.1, 0.15) is 16.2 Å². The summed E-state index contributed by atoms with van der Waals surface area (Å²) in [7, 11) is 0. The van der Waals surface area contributed by atoms with Gasteiger partial charge in [0.25, 0.3) is 11.5 Å². The van der Waals surface area contributed by atoms with Gasteiger partial charge in [-0.25, -0.2) is 4.79 Å². The fourth-order valence-corrected chi connectivity index (χ4v) is 2.40. The normalized spacial score (nSPS) is 10.7. The summed E-state index contributed by atoms with van der Waals surface area (Å²) in [5, 5.41) is 22.8. The third-order valence-corrected chi connectivity index (χ3v) is 3.64. The quantitative estimate of drug-likeness (QED) is 0.748. The van der Waals surface area contributed by atoms with Crippen molar-refractivity contribution in [2.75, 3.05) is 0 Å². The Morgan fingerprint density at radius 1 is 1.43 bits per heavy atom. The lowest BCUT2D eigenvalue weighted by Gasteiger charge is -2.01. The molecule has 0 fully saturated rings. The van der Waals surface area contributed by atoms with Crippen molar-refractivity contribution < 1.29 is 9.90 Å². The first-order valence-corrected chi connectivity index (χ1v) is 6.75. The van der Waals surface area contributed by atoms with E-state index in [-0.39, 0.29) is 17.3 Å². The molecule has 21 heavy (non-hydrogen) atoms. The van der Waals surface area contributed by atoms with E-state index in [0.717, 1.165) is 9.56 Å². The summed E-state index contributed by atoms with van der Waals surface area (Å²) in [5.74, 6) is -1.21. The molecule has 2 N–H and O–H groups in total. The smallest absolute Gasteiger partial charge is 0.354 e. The van der Waals surface area contributed by atoms with Crippen LogP contribution in [0.2, 0.25) is 0 Å². The summed E-state index contributed by atoms with van der Waals surface area (Å²) in [6, 6.07) is 5.09. The average molecular weight is 303 g/mol. The number of hydrogen-bond donors (Lipinski definition) is 2. The molecule has 0 saturated carbocycles. The summed E-state index contributed by atoms with van der Waals surface area (Å²) >= 11 is 1.43. The average Bonchev–Trinajstić information content (AvgIpc) is 3.09. The summed E-state index contributed by atoms with van der Waals surface area (Å²) in [5.41, 5.74) is 0.142. The summed E-state index contributed by atoms with van der Waals surface area (Å²) < 4.78 is 1.06. The molecule has 0 radical (unpaired) electrons. The minimum absolute atomic E-state index is 0.0363. The number of H-pyrrole nitrogens is 1. The molecule has 0 spiro atoms. The van der Waals surface area contributed by atoms with E-state index >= 15 is 0 Å². The number of hydrogen-bond acceptors (Lipinski definition) is 6. The molecule has 0 amide bonds.